The highest BCUT2D eigenvalue weighted by Gasteiger charge is 2.12. The van der Waals surface area contributed by atoms with Crippen LogP contribution in [-0.2, 0) is 6.42 Å². The number of hydrogen-bond donors (Lipinski definition) is 1. The molecule has 0 aliphatic heterocycles. The van der Waals surface area contributed by atoms with Gasteiger partial charge in [-0.3, -0.25) is 0 Å². The molecule has 0 aliphatic rings. The first-order valence-corrected chi connectivity index (χ1v) is 13.0. The van der Waals surface area contributed by atoms with Crippen molar-refractivity contribution in [2.75, 3.05) is 27.2 Å². The van der Waals surface area contributed by atoms with Gasteiger partial charge in [0, 0.05) is 35.4 Å². The fourth-order valence-electron chi connectivity index (χ4n) is 3.99. The molecule has 1 aromatic heterocycles. The summed E-state index contributed by atoms with van der Waals surface area (Å²) in [5, 5.41) is 10.7. The SMILES string of the molecule is CCCCc1nc(-c2ccc(OC[C@@H](O)CN(C)C)cc2)cn1-c1ccc(Oc2ccc(Cl)cc2)cc1. The molecule has 4 aromatic rings. The van der Waals surface area contributed by atoms with Crippen molar-refractivity contribution >= 4 is 11.6 Å². The first-order chi connectivity index (χ1) is 17.9. The molecule has 4 rings (SSSR count). The zero-order valence-corrected chi connectivity index (χ0v) is 22.4. The maximum absolute atomic E-state index is 10.0. The van der Waals surface area contributed by atoms with Gasteiger partial charge in [0.2, 0.25) is 0 Å². The molecule has 37 heavy (non-hydrogen) atoms. The minimum atomic E-state index is -0.533. The van der Waals surface area contributed by atoms with E-state index in [1.54, 1.807) is 0 Å². The third-order valence-corrected chi connectivity index (χ3v) is 6.12. The highest BCUT2D eigenvalue weighted by molar-refractivity contribution is 6.30. The third-order valence-electron chi connectivity index (χ3n) is 5.87. The van der Waals surface area contributed by atoms with Gasteiger partial charge in [-0.1, -0.05) is 24.9 Å². The third kappa shape index (κ3) is 7.59. The number of likely N-dealkylation sites (N-methyl/N-ethyl adjacent to an activating group) is 1. The van der Waals surface area contributed by atoms with E-state index in [-0.39, 0.29) is 6.61 Å². The predicted molar refractivity (Wildman–Crippen MR) is 149 cm³/mol. The van der Waals surface area contributed by atoms with Crippen LogP contribution >= 0.6 is 11.6 Å². The van der Waals surface area contributed by atoms with Crippen LogP contribution in [0.4, 0.5) is 0 Å². The van der Waals surface area contributed by atoms with Gasteiger partial charge in [0.1, 0.15) is 35.8 Å². The molecule has 0 radical (unpaired) electrons. The summed E-state index contributed by atoms with van der Waals surface area (Å²) >= 11 is 5.97. The van der Waals surface area contributed by atoms with E-state index >= 15 is 0 Å². The Hall–Kier alpha value is -3.32. The lowest BCUT2D eigenvalue weighted by molar-refractivity contribution is 0.0831. The average molecular weight is 520 g/mol. The Morgan fingerprint density at radius 1 is 0.919 bits per heavy atom. The standard InChI is InChI=1S/C30H34ClN3O3/c1-4-5-6-30-32-29(22-7-13-26(14-8-22)36-21-25(35)19-33(2)3)20-34(30)24-11-17-28(18-12-24)37-27-15-9-23(31)10-16-27/h7-18,20,25,35H,4-6,19,21H2,1-3H3/t25-/m0/s1. The molecule has 3 aromatic carbocycles. The van der Waals surface area contributed by atoms with Crippen LogP contribution in [0.1, 0.15) is 25.6 Å². The van der Waals surface area contributed by atoms with E-state index in [4.69, 9.17) is 26.1 Å². The quantitative estimate of drug-likeness (QED) is 0.228. The average Bonchev–Trinajstić information content (AvgIpc) is 3.32. The van der Waals surface area contributed by atoms with Crippen LogP contribution in [0.3, 0.4) is 0 Å². The van der Waals surface area contributed by atoms with Crippen molar-refractivity contribution in [3.8, 4) is 34.2 Å². The lowest BCUT2D eigenvalue weighted by atomic mass is 10.1. The van der Waals surface area contributed by atoms with E-state index in [0.717, 1.165) is 59.3 Å². The van der Waals surface area contributed by atoms with Crippen molar-refractivity contribution in [2.45, 2.75) is 32.3 Å². The number of aliphatic hydroxyl groups is 1. The lowest BCUT2D eigenvalue weighted by Gasteiger charge is -2.16. The molecule has 1 heterocycles. The summed E-state index contributed by atoms with van der Waals surface area (Å²) in [4.78, 5) is 6.90. The van der Waals surface area contributed by atoms with Crippen molar-refractivity contribution in [2.24, 2.45) is 0 Å². The number of aliphatic hydroxyl groups excluding tert-OH is 1. The number of imidazole rings is 1. The Balaban J connectivity index is 1.49. The molecule has 0 amide bonds. The zero-order valence-electron chi connectivity index (χ0n) is 21.6. The van der Waals surface area contributed by atoms with Crippen LogP contribution in [0, 0.1) is 0 Å². The second kappa shape index (κ2) is 12.8. The summed E-state index contributed by atoms with van der Waals surface area (Å²) in [6.07, 6.45) is 4.61. The van der Waals surface area contributed by atoms with Crippen LogP contribution in [0.2, 0.25) is 5.02 Å². The van der Waals surface area contributed by atoms with Gasteiger partial charge < -0.3 is 24.0 Å². The van der Waals surface area contributed by atoms with E-state index in [2.05, 4.69) is 17.7 Å². The topological polar surface area (TPSA) is 59.8 Å². The van der Waals surface area contributed by atoms with Gasteiger partial charge in [-0.15, -0.1) is 0 Å². The smallest absolute Gasteiger partial charge is 0.127 e. The summed E-state index contributed by atoms with van der Waals surface area (Å²) in [7, 11) is 3.85. The first-order valence-electron chi connectivity index (χ1n) is 12.6. The number of halogens is 1. The molecule has 0 bridgehead atoms. The maximum atomic E-state index is 10.0. The Morgan fingerprint density at radius 3 is 2.16 bits per heavy atom. The number of unbranched alkanes of at least 4 members (excludes halogenated alkanes) is 1. The van der Waals surface area contributed by atoms with Crippen LogP contribution in [0.15, 0.2) is 79.0 Å². The highest BCUT2D eigenvalue weighted by Crippen LogP contribution is 2.27. The number of nitrogens with zero attached hydrogens (tertiary/aromatic N) is 3. The Bertz CT molecular complexity index is 1250. The molecule has 0 saturated carbocycles. The molecular weight excluding hydrogens is 486 g/mol. The van der Waals surface area contributed by atoms with Gasteiger partial charge in [-0.2, -0.15) is 0 Å². The number of aryl methyl sites for hydroxylation is 1. The zero-order chi connectivity index (χ0) is 26.2. The number of ether oxygens (including phenoxy) is 2. The molecule has 0 spiro atoms. The fraction of sp³-hybridized carbons (Fsp3) is 0.300. The van der Waals surface area contributed by atoms with Gasteiger partial charge in [0.15, 0.2) is 0 Å². The molecule has 7 heteroatoms. The summed E-state index contributed by atoms with van der Waals surface area (Å²) in [5.74, 6) is 3.25. The van der Waals surface area contributed by atoms with E-state index in [9.17, 15) is 5.11 Å². The number of rotatable bonds is 12. The van der Waals surface area contributed by atoms with E-state index in [0.29, 0.717) is 11.6 Å². The van der Waals surface area contributed by atoms with Gasteiger partial charge >= 0.3 is 0 Å². The Morgan fingerprint density at radius 2 is 1.54 bits per heavy atom. The van der Waals surface area contributed by atoms with Crippen molar-refractivity contribution in [3.05, 3.63) is 89.8 Å². The van der Waals surface area contributed by atoms with Gasteiger partial charge in [0.25, 0.3) is 0 Å². The largest absolute Gasteiger partial charge is 0.491 e. The van der Waals surface area contributed by atoms with E-state index in [1.165, 1.54) is 0 Å². The number of benzene rings is 3. The minimum Gasteiger partial charge on any atom is -0.491 e. The first kappa shape index (κ1) is 26.7. The second-order valence-corrected chi connectivity index (χ2v) is 9.75. The van der Waals surface area contributed by atoms with Crippen LogP contribution < -0.4 is 9.47 Å². The second-order valence-electron chi connectivity index (χ2n) is 9.32. The molecule has 0 fully saturated rings. The normalized spacial score (nSPS) is 12.1. The van der Waals surface area contributed by atoms with Crippen molar-refractivity contribution in [1.29, 1.82) is 0 Å². The molecule has 1 atom stereocenters. The van der Waals surface area contributed by atoms with E-state index in [1.807, 2.05) is 91.8 Å². The summed E-state index contributed by atoms with van der Waals surface area (Å²) in [6.45, 7) is 3.00. The summed E-state index contributed by atoms with van der Waals surface area (Å²) < 4.78 is 13.8. The summed E-state index contributed by atoms with van der Waals surface area (Å²) in [6, 6.07) is 23.2. The fourth-order valence-corrected chi connectivity index (χ4v) is 4.12. The van der Waals surface area contributed by atoms with Crippen molar-refractivity contribution in [3.63, 3.8) is 0 Å². The molecule has 0 aliphatic carbocycles. The number of aromatic nitrogens is 2. The molecule has 0 saturated heterocycles. The Kier molecular flexibility index (Phi) is 9.23. The molecule has 0 unspecified atom stereocenters. The van der Waals surface area contributed by atoms with E-state index < -0.39 is 6.10 Å². The highest BCUT2D eigenvalue weighted by atomic mass is 35.5. The van der Waals surface area contributed by atoms with Crippen LogP contribution in [0.25, 0.3) is 16.9 Å². The van der Waals surface area contributed by atoms with Gasteiger partial charge in [-0.05, 0) is 93.3 Å². The molecule has 6 nitrogen and oxygen atoms in total. The van der Waals surface area contributed by atoms with Crippen molar-refractivity contribution in [1.82, 2.24) is 14.5 Å². The van der Waals surface area contributed by atoms with Gasteiger partial charge in [-0.25, -0.2) is 4.98 Å². The van der Waals surface area contributed by atoms with Crippen molar-refractivity contribution < 1.29 is 14.6 Å². The number of hydrogen-bond acceptors (Lipinski definition) is 5. The van der Waals surface area contributed by atoms with Gasteiger partial charge in [0.05, 0.1) is 5.69 Å². The molecular formula is C30H34ClN3O3. The lowest BCUT2D eigenvalue weighted by Crippen LogP contribution is -2.30. The summed E-state index contributed by atoms with van der Waals surface area (Å²) in [5.41, 5.74) is 2.95. The molecule has 194 valence electrons. The molecule has 1 N–H and O–H groups in total. The minimum absolute atomic E-state index is 0.255. The maximum Gasteiger partial charge on any atom is 0.127 e. The monoisotopic (exact) mass is 519 g/mol. The Labute approximate surface area is 224 Å². The van der Waals surface area contributed by atoms with Crippen LogP contribution in [0.5, 0.6) is 17.2 Å². The predicted octanol–water partition coefficient (Wildman–Crippen LogP) is 6.63. The van der Waals surface area contributed by atoms with Crippen LogP contribution in [-0.4, -0.2) is 52.9 Å².